The molecular weight excluding hydrogens is 130 g/mol. The molecule has 0 aromatic heterocycles. The fraction of sp³-hybridized carbons (Fsp3) is 0.600. The zero-order valence-corrected chi connectivity index (χ0v) is 5.41. The van der Waals surface area contributed by atoms with Crippen molar-refractivity contribution in [3.05, 3.63) is 0 Å². The van der Waals surface area contributed by atoms with Gasteiger partial charge in [-0.15, -0.1) is 0 Å². The van der Waals surface area contributed by atoms with Gasteiger partial charge in [-0.3, -0.25) is 15.3 Å². The molecule has 0 radical (unpaired) electrons. The third kappa shape index (κ3) is 0.714. The van der Waals surface area contributed by atoms with Gasteiger partial charge in [0, 0.05) is 0 Å². The lowest BCUT2D eigenvalue weighted by molar-refractivity contribution is 0.490. The normalized spacial score (nSPS) is 36.7. The first kappa shape index (κ1) is 5.82. The van der Waals surface area contributed by atoms with Gasteiger partial charge in [-0.05, 0) is 0 Å². The van der Waals surface area contributed by atoms with Crippen molar-refractivity contribution < 1.29 is 0 Å². The second-order valence-electron chi connectivity index (χ2n) is 2.30. The summed E-state index contributed by atoms with van der Waals surface area (Å²) in [5.74, 6) is 0.881. The van der Waals surface area contributed by atoms with Crippen LogP contribution in [0.4, 0.5) is 0 Å². The van der Waals surface area contributed by atoms with E-state index in [1.54, 1.807) is 6.34 Å². The molecule has 5 nitrogen and oxygen atoms in total. The molecule has 2 heterocycles. The third-order valence-corrected chi connectivity index (χ3v) is 1.64. The van der Waals surface area contributed by atoms with Crippen LogP contribution in [0.3, 0.4) is 0 Å². The molecule has 4 N–H and O–H groups in total. The molecule has 5 heteroatoms. The molecule has 2 unspecified atom stereocenters. The predicted octanol–water partition coefficient (Wildman–Crippen LogP) is -1.77. The molecular formula is C5H9N5. The van der Waals surface area contributed by atoms with Gasteiger partial charge in [0.25, 0.3) is 0 Å². The maximum absolute atomic E-state index is 5.67. The number of hydrogen-bond donors (Lipinski definition) is 3. The van der Waals surface area contributed by atoms with Crippen LogP contribution in [0.2, 0.25) is 0 Å². The summed E-state index contributed by atoms with van der Waals surface area (Å²) < 4.78 is 0. The molecule has 10 heavy (non-hydrogen) atoms. The number of nitrogens with two attached hydrogens (primary N) is 1. The van der Waals surface area contributed by atoms with Gasteiger partial charge in [-0.25, -0.2) is 0 Å². The molecule has 54 valence electrons. The zero-order valence-electron chi connectivity index (χ0n) is 5.41. The minimum atomic E-state index is -0.0845. The van der Waals surface area contributed by atoms with Crippen LogP contribution in [-0.2, 0) is 0 Å². The highest BCUT2D eigenvalue weighted by Crippen LogP contribution is 2.03. The van der Waals surface area contributed by atoms with Crippen molar-refractivity contribution in [2.75, 3.05) is 6.67 Å². The molecule has 2 atom stereocenters. The zero-order chi connectivity index (χ0) is 6.97. The fourth-order valence-electron chi connectivity index (χ4n) is 1.09. The summed E-state index contributed by atoms with van der Waals surface area (Å²) in [6.07, 6.45) is 1.55. The molecule has 0 spiro atoms. The highest BCUT2D eigenvalue weighted by molar-refractivity contribution is 6.01. The molecule has 0 fully saturated rings. The van der Waals surface area contributed by atoms with Crippen LogP contribution in [0.15, 0.2) is 9.98 Å². The Labute approximate surface area is 58.4 Å². The van der Waals surface area contributed by atoms with Crippen LogP contribution < -0.4 is 16.4 Å². The Balaban J connectivity index is 2.24. The van der Waals surface area contributed by atoms with E-state index in [0.717, 1.165) is 5.84 Å². The fourth-order valence-corrected chi connectivity index (χ4v) is 1.09. The van der Waals surface area contributed by atoms with E-state index in [9.17, 15) is 0 Å². The largest absolute Gasteiger partial charge is 0.333 e. The summed E-state index contributed by atoms with van der Waals surface area (Å²) >= 11 is 0. The third-order valence-electron chi connectivity index (χ3n) is 1.64. The first-order valence-corrected chi connectivity index (χ1v) is 3.19. The van der Waals surface area contributed by atoms with Crippen molar-refractivity contribution >= 4 is 12.2 Å². The average Bonchev–Trinajstić information content (AvgIpc) is 2.36. The number of aliphatic imine (C=N–C) groups is 2. The van der Waals surface area contributed by atoms with Crippen molar-refractivity contribution in [2.45, 2.75) is 12.2 Å². The maximum Gasteiger partial charge on any atom is 0.137 e. The van der Waals surface area contributed by atoms with E-state index in [4.69, 9.17) is 5.73 Å². The molecule has 2 aliphatic heterocycles. The summed E-state index contributed by atoms with van der Waals surface area (Å²) in [5.41, 5.74) is 5.67. The summed E-state index contributed by atoms with van der Waals surface area (Å²) in [5, 5.41) is 5.92. The van der Waals surface area contributed by atoms with Crippen molar-refractivity contribution in [1.82, 2.24) is 10.6 Å². The molecule has 0 saturated heterocycles. The van der Waals surface area contributed by atoms with Crippen molar-refractivity contribution in [2.24, 2.45) is 15.7 Å². The lowest BCUT2D eigenvalue weighted by Gasteiger charge is -2.22. The van der Waals surface area contributed by atoms with Crippen molar-refractivity contribution in [3.8, 4) is 0 Å². The lowest BCUT2D eigenvalue weighted by Crippen LogP contribution is -2.53. The Hall–Kier alpha value is -0.940. The van der Waals surface area contributed by atoms with Crippen LogP contribution >= 0.6 is 0 Å². The SMILES string of the molecule is NC1NCN=C2NC=NC21. The molecule has 0 bridgehead atoms. The standard InChI is InChI=1S/C5H9N5/c6-4-3-5(9-1-7-3)10-2-8-4/h1,3-4,8H,2,6H2,(H,7,9,10). The minimum Gasteiger partial charge on any atom is -0.333 e. The molecule has 0 aromatic carbocycles. The van der Waals surface area contributed by atoms with E-state index in [1.807, 2.05) is 0 Å². The Bertz CT molecular complexity index is 196. The van der Waals surface area contributed by atoms with Gasteiger partial charge >= 0.3 is 0 Å². The molecule has 2 aliphatic rings. The number of hydrogen-bond acceptors (Lipinski definition) is 5. The van der Waals surface area contributed by atoms with E-state index in [2.05, 4.69) is 20.6 Å². The van der Waals surface area contributed by atoms with Gasteiger partial charge in [0.15, 0.2) is 0 Å². The Morgan fingerprint density at radius 1 is 1.70 bits per heavy atom. The van der Waals surface area contributed by atoms with E-state index in [-0.39, 0.29) is 12.2 Å². The number of rotatable bonds is 0. The van der Waals surface area contributed by atoms with Crippen molar-refractivity contribution in [3.63, 3.8) is 0 Å². The van der Waals surface area contributed by atoms with Gasteiger partial charge < -0.3 is 11.1 Å². The van der Waals surface area contributed by atoms with Crippen LogP contribution in [0.5, 0.6) is 0 Å². The van der Waals surface area contributed by atoms with Gasteiger partial charge in [-0.1, -0.05) is 0 Å². The summed E-state index contributed by atoms with van der Waals surface area (Å²) in [6.45, 7) is 0.587. The number of nitrogens with one attached hydrogen (secondary N) is 2. The van der Waals surface area contributed by atoms with Gasteiger partial charge in [0.2, 0.25) is 0 Å². The monoisotopic (exact) mass is 139 g/mol. The minimum absolute atomic E-state index is 0.00810. The Morgan fingerprint density at radius 3 is 3.40 bits per heavy atom. The number of fused-ring (bicyclic) bond motifs is 1. The second-order valence-corrected chi connectivity index (χ2v) is 2.30. The lowest BCUT2D eigenvalue weighted by atomic mass is 10.2. The first-order chi connectivity index (χ1) is 4.88. The second kappa shape index (κ2) is 2.03. The van der Waals surface area contributed by atoms with Crippen LogP contribution in [0.25, 0.3) is 0 Å². The van der Waals surface area contributed by atoms with E-state index in [0.29, 0.717) is 6.67 Å². The summed E-state index contributed by atoms with van der Waals surface area (Å²) in [6, 6.07) is 0.00810. The Kier molecular flexibility index (Phi) is 1.18. The average molecular weight is 139 g/mol. The van der Waals surface area contributed by atoms with E-state index < -0.39 is 0 Å². The van der Waals surface area contributed by atoms with Gasteiger partial charge in [0.05, 0.1) is 19.2 Å². The van der Waals surface area contributed by atoms with E-state index >= 15 is 0 Å². The topological polar surface area (TPSA) is 74.8 Å². The highest BCUT2D eigenvalue weighted by atomic mass is 15.3. The van der Waals surface area contributed by atoms with E-state index in [1.165, 1.54) is 0 Å². The molecule has 0 saturated carbocycles. The molecule has 2 rings (SSSR count). The van der Waals surface area contributed by atoms with Gasteiger partial charge in [0.1, 0.15) is 11.9 Å². The highest BCUT2D eigenvalue weighted by Gasteiger charge is 2.27. The van der Waals surface area contributed by atoms with Gasteiger partial charge in [-0.2, -0.15) is 0 Å². The van der Waals surface area contributed by atoms with Crippen LogP contribution in [-0.4, -0.2) is 31.1 Å². The predicted molar refractivity (Wildman–Crippen MR) is 38.8 cm³/mol. The number of amidine groups is 1. The molecule has 0 aliphatic carbocycles. The maximum atomic E-state index is 5.67. The summed E-state index contributed by atoms with van der Waals surface area (Å²) in [4.78, 5) is 8.22. The molecule has 0 aromatic rings. The molecule has 0 amide bonds. The first-order valence-electron chi connectivity index (χ1n) is 3.19. The van der Waals surface area contributed by atoms with Crippen LogP contribution in [0.1, 0.15) is 0 Å². The quantitative estimate of drug-likeness (QED) is 0.372. The Morgan fingerprint density at radius 2 is 2.60 bits per heavy atom. The summed E-state index contributed by atoms with van der Waals surface area (Å²) in [7, 11) is 0. The van der Waals surface area contributed by atoms with Crippen molar-refractivity contribution in [1.29, 1.82) is 0 Å². The number of nitrogens with zero attached hydrogens (tertiary/aromatic N) is 2. The smallest absolute Gasteiger partial charge is 0.137 e. The van der Waals surface area contributed by atoms with Crippen LogP contribution in [0, 0.1) is 0 Å².